The first kappa shape index (κ1) is 12.7. The first-order chi connectivity index (χ1) is 9.22. The molecule has 1 aromatic rings. The molecule has 2 N–H and O–H groups in total. The maximum Gasteiger partial charge on any atom is 0.131 e. The molecule has 0 spiro atoms. The zero-order valence-corrected chi connectivity index (χ0v) is 12.0. The molecule has 0 amide bonds. The number of nitrogens with one attached hydrogen (secondary N) is 2. The molecule has 0 unspecified atom stereocenters. The summed E-state index contributed by atoms with van der Waals surface area (Å²) in [4.78, 5) is 8.91. The molecule has 0 bridgehead atoms. The van der Waals surface area contributed by atoms with Gasteiger partial charge in [0.2, 0.25) is 0 Å². The molecule has 2 fully saturated rings. The molecule has 0 aromatic carbocycles. The first-order valence-electron chi connectivity index (χ1n) is 7.55. The molecule has 0 saturated heterocycles. The van der Waals surface area contributed by atoms with Gasteiger partial charge in [0.05, 0.1) is 0 Å². The lowest BCUT2D eigenvalue weighted by atomic mass is 10.0. The average molecular weight is 260 g/mol. The Balaban J connectivity index is 1.61. The number of aromatic nitrogens is 2. The molecule has 0 aliphatic heterocycles. The summed E-state index contributed by atoms with van der Waals surface area (Å²) >= 11 is 0. The number of rotatable bonds is 7. The third kappa shape index (κ3) is 2.99. The lowest BCUT2D eigenvalue weighted by molar-refractivity contribution is 0.466. The fraction of sp³-hybridized carbons (Fsp3) is 0.733. The van der Waals surface area contributed by atoms with Crippen molar-refractivity contribution in [1.82, 2.24) is 9.97 Å². The first-order valence-corrected chi connectivity index (χ1v) is 7.55. The average Bonchev–Trinajstić information content (AvgIpc) is 3.26. The second-order valence-electron chi connectivity index (χ2n) is 6.10. The fourth-order valence-corrected chi connectivity index (χ4v) is 2.85. The Hall–Kier alpha value is -1.32. The van der Waals surface area contributed by atoms with Gasteiger partial charge in [0.1, 0.15) is 17.5 Å². The van der Waals surface area contributed by atoms with Crippen molar-refractivity contribution < 1.29 is 0 Å². The van der Waals surface area contributed by atoms with Crippen molar-refractivity contribution in [1.29, 1.82) is 0 Å². The highest BCUT2D eigenvalue weighted by Gasteiger charge is 2.53. The maximum atomic E-state index is 4.49. The van der Waals surface area contributed by atoms with E-state index >= 15 is 0 Å². The standard InChI is InChI=1S/C15H24N4/c1-3-8-16-13-9-14(19-11(2)18-13)17-10-15(6-7-15)12-4-5-12/h9,12H,3-8,10H2,1-2H3,(H2,16,17,18,19). The molecule has 2 aliphatic rings. The SMILES string of the molecule is CCCNc1cc(NCC2(C3CC3)CC2)nc(C)n1. The summed E-state index contributed by atoms with van der Waals surface area (Å²) in [5.41, 5.74) is 0.607. The Kier molecular flexibility index (Phi) is 3.33. The van der Waals surface area contributed by atoms with Gasteiger partial charge in [-0.3, -0.25) is 0 Å². The zero-order chi connectivity index (χ0) is 13.3. The number of anilines is 2. The van der Waals surface area contributed by atoms with E-state index in [1.165, 1.54) is 25.7 Å². The van der Waals surface area contributed by atoms with Gasteiger partial charge in [-0.2, -0.15) is 0 Å². The van der Waals surface area contributed by atoms with Crippen LogP contribution in [0.3, 0.4) is 0 Å². The van der Waals surface area contributed by atoms with Crippen LogP contribution in [0.2, 0.25) is 0 Å². The van der Waals surface area contributed by atoms with Gasteiger partial charge >= 0.3 is 0 Å². The summed E-state index contributed by atoms with van der Waals surface area (Å²) in [6.07, 6.45) is 6.78. The van der Waals surface area contributed by atoms with E-state index in [4.69, 9.17) is 0 Å². The summed E-state index contributed by atoms with van der Waals surface area (Å²) in [5.74, 6) is 3.73. The van der Waals surface area contributed by atoms with Crippen LogP contribution >= 0.6 is 0 Å². The van der Waals surface area contributed by atoms with Gasteiger partial charge in [-0.05, 0) is 50.4 Å². The van der Waals surface area contributed by atoms with E-state index in [1.54, 1.807) is 0 Å². The van der Waals surface area contributed by atoms with Crippen molar-refractivity contribution in [3.8, 4) is 0 Å². The molecule has 2 saturated carbocycles. The molecule has 1 aromatic heterocycles. The quantitative estimate of drug-likeness (QED) is 0.790. The van der Waals surface area contributed by atoms with Crippen LogP contribution in [0, 0.1) is 18.3 Å². The summed E-state index contributed by atoms with van der Waals surface area (Å²) < 4.78 is 0. The van der Waals surface area contributed by atoms with Crippen LogP contribution in [0.4, 0.5) is 11.6 Å². The van der Waals surface area contributed by atoms with E-state index in [-0.39, 0.29) is 0 Å². The fourth-order valence-electron chi connectivity index (χ4n) is 2.85. The molecule has 2 aliphatic carbocycles. The third-order valence-electron chi connectivity index (χ3n) is 4.35. The molecule has 4 nitrogen and oxygen atoms in total. The lowest BCUT2D eigenvalue weighted by Crippen LogP contribution is -2.18. The Morgan fingerprint density at radius 3 is 2.47 bits per heavy atom. The predicted octanol–water partition coefficient (Wildman–Crippen LogP) is 3.21. The van der Waals surface area contributed by atoms with Gasteiger partial charge in [-0.1, -0.05) is 6.92 Å². The van der Waals surface area contributed by atoms with Crippen molar-refractivity contribution in [3.63, 3.8) is 0 Å². The zero-order valence-electron chi connectivity index (χ0n) is 12.0. The van der Waals surface area contributed by atoms with Gasteiger partial charge in [-0.15, -0.1) is 0 Å². The third-order valence-corrected chi connectivity index (χ3v) is 4.35. The smallest absolute Gasteiger partial charge is 0.131 e. The van der Waals surface area contributed by atoms with Crippen molar-refractivity contribution in [3.05, 3.63) is 11.9 Å². The van der Waals surface area contributed by atoms with Crippen molar-refractivity contribution in [2.24, 2.45) is 11.3 Å². The van der Waals surface area contributed by atoms with Gasteiger partial charge in [0.25, 0.3) is 0 Å². The van der Waals surface area contributed by atoms with Crippen LogP contribution < -0.4 is 10.6 Å². The monoisotopic (exact) mass is 260 g/mol. The lowest BCUT2D eigenvalue weighted by Gasteiger charge is -2.16. The molecule has 104 valence electrons. The topological polar surface area (TPSA) is 49.8 Å². The van der Waals surface area contributed by atoms with E-state index < -0.39 is 0 Å². The van der Waals surface area contributed by atoms with Crippen molar-refractivity contribution in [2.75, 3.05) is 23.7 Å². The molecule has 3 rings (SSSR count). The van der Waals surface area contributed by atoms with E-state index in [9.17, 15) is 0 Å². The molecule has 19 heavy (non-hydrogen) atoms. The van der Waals surface area contributed by atoms with Crippen molar-refractivity contribution in [2.45, 2.75) is 46.0 Å². The van der Waals surface area contributed by atoms with Gasteiger partial charge < -0.3 is 10.6 Å². The minimum Gasteiger partial charge on any atom is -0.370 e. The second kappa shape index (κ2) is 4.99. The molecular weight excluding hydrogens is 236 g/mol. The number of aryl methyl sites for hydroxylation is 1. The van der Waals surface area contributed by atoms with Gasteiger partial charge in [0.15, 0.2) is 0 Å². The van der Waals surface area contributed by atoms with Gasteiger partial charge in [0, 0.05) is 19.2 Å². The van der Waals surface area contributed by atoms with Gasteiger partial charge in [-0.25, -0.2) is 9.97 Å². The van der Waals surface area contributed by atoms with E-state index in [0.29, 0.717) is 5.41 Å². The van der Waals surface area contributed by atoms with Crippen LogP contribution in [-0.4, -0.2) is 23.1 Å². The molecular formula is C15H24N4. The number of hydrogen-bond acceptors (Lipinski definition) is 4. The summed E-state index contributed by atoms with van der Waals surface area (Å²) in [6.45, 7) is 6.16. The summed E-state index contributed by atoms with van der Waals surface area (Å²) in [7, 11) is 0. The molecule has 1 heterocycles. The molecule has 0 radical (unpaired) electrons. The van der Waals surface area contributed by atoms with E-state index in [2.05, 4.69) is 27.5 Å². The minimum atomic E-state index is 0.607. The number of hydrogen-bond donors (Lipinski definition) is 2. The van der Waals surface area contributed by atoms with Crippen LogP contribution in [0.25, 0.3) is 0 Å². The highest BCUT2D eigenvalue weighted by Crippen LogP contribution is 2.61. The number of nitrogens with zero attached hydrogens (tertiary/aromatic N) is 2. The second-order valence-corrected chi connectivity index (χ2v) is 6.10. The van der Waals surface area contributed by atoms with E-state index in [0.717, 1.165) is 42.9 Å². The summed E-state index contributed by atoms with van der Waals surface area (Å²) in [6, 6.07) is 2.03. The van der Waals surface area contributed by atoms with Crippen LogP contribution in [0.15, 0.2) is 6.07 Å². The Bertz CT molecular complexity index is 449. The minimum absolute atomic E-state index is 0.607. The largest absolute Gasteiger partial charge is 0.370 e. The van der Waals surface area contributed by atoms with Crippen LogP contribution in [0.5, 0.6) is 0 Å². The summed E-state index contributed by atoms with van der Waals surface area (Å²) in [5, 5.41) is 6.87. The Morgan fingerprint density at radius 1 is 1.21 bits per heavy atom. The van der Waals surface area contributed by atoms with E-state index in [1.807, 2.05) is 13.0 Å². The Morgan fingerprint density at radius 2 is 1.89 bits per heavy atom. The predicted molar refractivity (Wildman–Crippen MR) is 78.4 cm³/mol. The molecule has 4 heteroatoms. The van der Waals surface area contributed by atoms with Crippen LogP contribution in [0.1, 0.15) is 44.9 Å². The maximum absolute atomic E-state index is 4.49. The molecule has 0 atom stereocenters. The highest BCUT2D eigenvalue weighted by molar-refractivity contribution is 5.47. The Labute approximate surface area is 115 Å². The highest BCUT2D eigenvalue weighted by atomic mass is 15.1. The normalized spacial score (nSPS) is 20.1. The van der Waals surface area contributed by atoms with Crippen molar-refractivity contribution >= 4 is 11.6 Å². The van der Waals surface area contributed by atoms with Crippen LogP contribution in [-0.2, 0) is 0 Å².